The van der Waals surface area contributed by atoms with E-state index in [9.17, 15) is 4.79 Å². The van der Waals surface area contributed by atoms with Gasteiger partial charge >= 0.3 is 0 Å². The predicted octanol–water partition coefficient (Wildman–Crippen LogP) is 3.64. The molecule has 4 rings (SSSR count). The zero-order valence-electron chi connectivity index (χ0n) is 17.9. The number of ketones is 1. The number of hydrogen-bond acceptors (Lipinski definition) is 7. The van der Waals surface area contributed by atoms with Gasteiger partial charge in [0.15, 0.2) is 0 Å². The molecule has 2 aliphatic rings. The third kappa shape index (κ3) is 6.17. The largest absolute Gasteiger partial charge is 0.381 e. The molecule has 172 valence electrons. The first-order valence-corrected chi connectivity index (χ1v) is 11.8. The molecule has 2 N–H and O–H groups in total. The fourth-order valence-corrected chi connectivity index (χ4v) is 4.32. The van der Waals surface area contributed by atoms with Crippen LogP contribution >= 0.6 is 23.2 Å². The first-order valence-electron chi connectivity index (χ1n) is 11.0. The van der Waals surface area contributed by atoms with E-state index in [2.05, 4.69) is 15.6 Å². The van der Waals surface area contributed by atoms with Gasteiger partial charge < -0.3 is 20.1 Å². The smallest absolute Gasteiger partial charge is 0.145 e. The number of anilines is 1. The number of pyridine rings is 2. The van der Waals surface area contributed by atoms with Crippen LogP contribution in [0.4, 0.5) is 5.82 Å². The van der Waals surface area contributed by atoms with Crippen molar-refractivity contribution < 1.29 is 14.3 Å². The summed E-state index contributed by atoms with van der Waals surface area (Å²) in [5, 5.41) is 7.57. The van der Waals surface area contributed by atoms with Crippen LogP contribution in [-0.4, -0.2) is 61.8 Å². The molecule has 2 aromatic heterocycles. The highest BCUT2D eigenvalue weighted by Gasteiger charge is 2.22. The van der Waals surface area contributed by atoms with Crippen LogP contribution in [0.3, 0.4) is 0 Å². The molecule has 9 heteroatoms. The minimum Gasteiger partial charge on any atom is -0.381 e. The minimum absolute atomic E-state index is 0.0890. The second kappa shape index (κ2) is 11.4. The Morgan fingerprint density at radius 1 is 1.16 bits per heavy atom. The van der Waals surface area contributed by atoms with Gasteiger partial charge in [-0.3, -0.25) is 9.78 Å². The van der Waals surface area contributed by atoms with Crippen LogP contribution in [0.1, 0.15) is 18.5 Å². The van der Waals surface area contributed by atoms with Crippen molar-refractivity contribution in [1.29, 1.82) is 0 Å². The standard InChI is InChI=1S/C23H28Cl2N4O3/c24-19-1-2-22(28-11-15-3-6-31-7-4-15)29-23(19)18-9-17(27-13-20(18)25)10-21(30)16-12-26-5-8-32-14-16/h1-2,9,13,15-16,26H,3-8,10-12,14H2,(H,28,29)/t16-/m1/s1. The third-order valence-electron chi connectivity index (χ3n) is 5.87. The first kappa shape index (κ1) is 23.4. The van der Waals surface area contributed by atoms with Gasteiger partial charge in [0, 0.05) is 56.7 Å². The highest BCUT2D eigenvalue weighted by Crippen LogP contribution is 2.33. The van der Waals surface area contributed by atoms with Gasteiger partial charge in [-0.2, -0.15) is 0 Å². The fraction of sp³-hybridized carbons (Fsp3) is 0.522. The molecule has 0 aliphatic carbocycles. The van der Waals surface area contributed by atoms with E-state index in [-0.39, 0.29) is 18.1 Å². The van der Waals surface area contributed by atoms with Crippen LogP contribution in [0.5, 0.6) is 0 Å². The first-order chi connectivity index (χ1) is 15.6. The van der Waals surface area contributed by atoms with Crippen molar-refractivity contribution in [2.75, 3.05) is 51.4 Å². The predicted molar refractivity (Wildman–Crippen MR) is 125 cm³/mol. The van der Waals surface area contributed by atoms with Gasteiger partial charge in [0.1, 0.15) is 11.6 Å². The zero-order valence-corrected chi connectivity index (χ0v) is 19.4. The number of Topliss-reactive ketones (excluding diaryl/α,β-unsaturated/α-hetero) is 1. The number of nitrogens with zero attached hydrogens (tertiary/aromatic N) is 2. The van der Waals surface area contributed by atoms with Crippen molar-refractivity contribution in [1.82, 2.24) is 15.3 Å². The Morgan fingerprint density at radius 2 is 2.00 bits per heavy atom. The van der Waals surface area contributed by atoms with Gasteiger partial charge in [0.05, 0.1) is 34.9 Å². The Labute approximate surface area is 198 Å². The summed E-state index contributed by atoms with van der Waals surface area (Å²) in [6, 6.07) is 5.48. The number of halogens is 2. The van der Waals surface area contributed by atoms with E-state index in [0.717, 1.165) is 45.0 Å². The van der Waals surface area contributed by atoms with Gasteiger partial charge in [-0.25, -0.2) is 4.98 Å². The molecule has 0 bridgehead atoms. The maximum absolute atomic E-state index is 12.8. The Balaban J connectivity index is 1.49. The highest BCUT2D eigenvalue weighted by atomic mass is 35.5. The van der Waals surface area contributed by atoms with Gasteiger partial charge in [0.2, 0.25) is 0 Å². The number of nitrogens with one attached hydrogen (secondary N) is 2. The fourth-order valence-electron chi connectivity index (χ4n) is 3.92. The number of carbonyl (C=O) groups is 1. The zero-order chi connectivity index (χ0) is 22.3. The number of carbonyl (C=O) groups excluding carboxylic acids is 1. The van der Waals surface area contributed by atoms with Crippen molar-refractivity contribution in [2.45, 2.75) is 19.3 Å². The molecule has 7 nitrogen and oxygen atoms in total. The number of rotatable bonds is 7. The summed E-state index contributed by atoms with van der Waals surface area (Å²) in [4.78, 5) is 21.8. The van der Waals surface area contributed by atoms with Crippen LogP contribution in [0.25, 0.3) is 11.3 Å². The van der Waals surface area contributed by atoms with Gasteiger partial charge in [-0.05, 0) is 37.0 Å². The number of ether oxygens (including phenoxy) is 2. The lowest BCUT2D eigenvalue weighted by Gasteiger charge is -2.22. The van der Waals surface area contributed by atoms with E-state index in [4.69, 9.17) is 37.7 Å². The topological polar surface area (TPSA) is 85.4 Å². The SMILES string of the molecule is O=C(Cc1cc(-c2nc(NCC3CCOCC3)ccc2Cl)c(Cl)cn1)[C@@H]1CNCCOC1. The summed E-state index contributed by atoms with van der Waals surface area (Å²) >= 11 is 12.9. The van der Waals surface area contributed by atoms with E-state index in [1.807, 2.05) is 18.2 Å². The van der Waals surface area contributed by atoms with Crippen LogP contribution < -0.4 is 10.6 Å². The van der Waals surface area contributed by atoms with Crippen molar-refractivity contribution >= 4 is 34.8 Å². The normalized spacial score (nSPS) is 20.0. The molecule has 2 aliphatic heterocycles. The maximum atomic E-state index is 12.8. The summed E-state index contributed by atoms with van der Waals surface area (Å²) in [6.07, 6.45) is 3.85. The summed E-state index contributed by atoms with van der Waals surface area (Å²) in [7, 11) is 0. The van der Waals surface area contributed by atoms with Gasteiger partial charge in [-0.15, -0.1) is 0 Å². The summed E-state index contributed by atoms with van der Waals surface area (Å²) in [5.41, 5.74) is 1.88. The molecule has 2 fully saturated rings. The lowest BCUT2D eigenvalue weighted by Crippen LogP contribution is -2.30. The summed E-state index contributed by atoms with van der Waals surface area (Å²) < 4.78 is 10.9. The Kier molecular flexibility index (Phi) is 8.32. The van der Waals surface area contributed by atoms with Gasteiger partial charge in [-0.1, -0.05) is 23.2 Å². The van der Waals surface area contributed by atoms with Crippen LogP contribution in [0, 0.1) is 11.8 Å². The molecule has 32 heavy (non-hydrogen) atoms. The molecule has 0 spiro atoms. The molecular weight excluding hydrogens is 451 g/mol. The van der Waals surface area contributed by atoms with Crippen molar-refractivity contribution in [2.24, 2.45) is 11.8 Å². The Hall–Kier alpha value is -1.77. The van der Waals surface area contributed by atoms with E-state index in [0.29, 0.717) is 52.7 Å². The molecule has 4 heterocycles. The van der Waals surface area contributed by atoms with E-state index >= 15 is 0 Å². The molecule has 0 amide bonds. The van der Waals surface area contributed by atoms with Crippen molar-refractivity contribution in [3.8, 4) is 11.3 Å². The van der Waals surface area contributed by atoms with Gasteiger partial charge in [0.25, 0.3) is 0 Å². The van der Waals surface area contributed by atoms with E-state index in [1.54, 1.807) is 6.20 Å². The lowest BCUT2D eigenvalue weighted by molar-refractivity contribution is -0.123. The summed E-state index contributed by atoms with van der Waals surface area (Å²) in [6.45, 7) is 4.88. The monoisotopic (exact) mass is 478 g/mol. The average molecular weight is 479 g/mol. The van der Waals surface area contributed by atoms with Crippen LogP contribution in [-0.2, 0) is 20.7 Å². The third-order valence-corrected chi connectivity index (χ3v) is 6.48. The van der Waals surface area contributed by atoms with Crippen LogP contribution in [0.15, 0.2) is 24.4 Å². The maximum Gasteiger partial charge on any atom is 0.145 e. The second-order valence-corrected chi connectivity index (χ2v) is 9.05. The van der Waals surface area contributed by atoms with E-state index in [1.165, 1.54) is 0 Å². The van der Waals surface area contributed by atoms with Crippen molar-refractivity contribution in [3.05, 3.63) is 40.1 Å². The molecule has 0 unspecified atom stereocenters. The molecular formula is C23H28Cl2N4O3. The molecule has 2 aromatic rings. The molecule has 0 saturated carbocycles. The molecule has 1 atom stereocenters. The number of aromatic nitrogens is 2. The van der Waals surface area contributed by atoms with E-state index < -0.39 is 0 Å². The Bertz CT molecular complexity index is 929. The molecule has 0 radical (unpaired) electrons. The quantitative estimate of drug-likeness (QED) is 0.627. The second-order valence-electron chi connectivity index (χ2n) is 8.24. The van der Waals surface area contributed by atoms with Crippen molar-refractivity contribution in [3.63, 3.8) is 0 Å². The summed E-state index contributed by atoms with van der Waals surface area (Å²) in [5.74, 6) is 1.21. The highest BCUT2D eigenvalue weighted by molar-refractivity contribution is 6.36. The molecule has 0 aromatic carbocycles. The number of hydrogen-bond donors (Lipinski definition) is 2. The minimum atomic E-state index is -0.183. The average Bonchev–Trinajstić information content (AvgIpc) is 3.10. The Morgan fingerprint density at radius 3 is 2.84 bits per heavy atom. The molecule has 2 saturated heterocycles. The lowest BCUT2D eigenvalue weighted by atomic mass is 9.99. The van der Waals surface area contributed by atoms with Crippen LogP contribution in [0.2, 0.25) is 10.0 Å².